The number of morpholine rings is 1. The molecule has 2 fully saturated rings. The number of aliphatic imine (C=N–C) groups is 1. The zero-order chi connectivity index (χ0) is 17.5. The van der Waals surface area contributed by atoms with Gasteiger partial charge in [-0.2, -0.15) is 0 Å². The van der Waals surface area contributed by atoms with Gasteiger partial charge in [0.05, 0.1) is 19.8 Å². The fourth-order valence-corrected chi connectivity index (χ4v) is 3.97. The summed E-state index contributed by atoms with van der Waals surface area (Å²) in [7, 11) is 0. The van der Waals surface area contributed by atoms with E-state index in [1.54, 1.807) is 0 Å². The quantitative estimate of drug-likeness (QED) is 0.455. The summed E-state index contributed by atoms with van der Waals surface area (Å²) in [5.41, 5.74) is 8.59. The van der Waals surface area contributed by atoms with Crippen LogP contribution in [0.5, 0.6) is 0 Å². The lowest BCUT2D eigenvalue weighted by Crippen LogP contribution is -2.40. The molecule has 0 radical (unpaired) electrons. The van der Waals surface area contributed by atoms with E-state index in [2.05, 4.69) is 49.3 Å². The highest BCUT2D eigenvalue weighted by Gasteiger charge is 2.16. The maximum Gasteiger partial charge on any atom is 0.189 e. The Balaban J connectivity index is 1.64. The third-order valence-electron chi connectivity index (χ3n) is 5.03. The highest BCUT2D eigenvalue weighted by atomic mass is 79.9. The number of hydrogen-bond donors (Lipinski definition) is 2. The van der Waals surface area contributed by atoms with Gasteiger partial charge in [0.1, 0.15) is 0 Å². The summed E-state index contributed by atoms with van der Waals surface area (Å²) in [5, 5.41) is 3.42. The van der Waals surface area contributed by atoms with Crippen LogP contribution in [-0.2, 0) is 11.3 Å². The van der Waals surface area contributed by atoms with Gasteiger partial charge in [0, 0.05) is 29.3 Å². The monoisotopic (exact) mass is 408 g/mol. The molecule has 1 aromatic rings. The second-order valence-corrected chi connectivity index (χ2v) is 7.82. The molecule has 1 saturated carbocycles. The smallest absolute Gasteiger partial charge is 0.189 e. The van der Waals surface area contributed by atoms with Gasteiger partial charge >= 0.3 is 0 Å². The predicted molar refractivity (Wildman–Crippen MR) is 107 cm³/mol. The predicted octanol–water partition coefficient (Wildman–Crippen LogP) is 3.41. The van der Waals surface area contributed by atoms with Crippen molar-refractivity contribution in [1.29, 1.82) is 0 Å². The van der Waals surface area contributed by atoms with Crippen molar-refractivity contribution in [3.05, 3.63) is 28.2 Å². The summed E-state index contributed by atoms with van der Waals surface area (Å²) in [6.07, 6.45) is 7.67. The number of anilines is 1. The van der Waals surface area contributed by atoms with Crippen LogP contribution in [0.2, 0.25) is 0 Å². The lowest BCUT2D eigenvalue weighted by Gasteiger charge is -2.30. The minimum atomic E-state index is 0.481. The first-order valence-corrected chi connectivity index (χ1v) is 10.2. The van der Waals surface area contributed by atoms with Crippen LogP contribution in [0.4, 0.5) is 5.69 Å². The summed E-state index contributed by atoms with van der Waals surface area (Å²) in [6, 6.07) is 6.86. The van der Waals surface area contributed by atoms with Crippen molar-refractivity contribution in [1.82, 2.24) is 5.32 Å². The van der Waals surface area contributed by atoms with Gasteiger partial charge in [0.15, 0.2) is 5.96 Å². The standard InChI is InChI=1S/C19H29BrN4O/c20-16-8-7-15(18(13-16)24-9-11-25-12-10-24)14-22-19(21)23-17-5-3-1-2-4-6-17/h7-8,13,17H,1-6,9-12,14H2,(H3,21,22,23). The molecule has 1 saturated heterocycles. The van der Waals surface area contributed by atoms with Crippen LogP contribution in [-0.4, -0.2) is 38.3 Å². The zero-order valence-electron chi connectivity index (χ0n) is 14.8. The number of hydrogen-bond acceptors (Lipinski definition) is 3. The van der Waals surface area contributed by atoms with Gasteiger partial charge in [-0.15, -0.1) is 0 Å². The van der Waals surface area contributed by atoms with Gasteiger partial charge in [-0.25, -0.2) is 4.99 Å². The fourth-order valence-electron chi connectivity index (χ4n) is 3.62. The molecule has 5 nitrogen and oxygen atoms in total. The molecule has 0 spiro atoms. The van der Waals surface area contributed by atoms with Crippen molar-refractivity contribution in [2.24, 2.45) is 10.7 Å². The van der Waals surface area contributed by atoms with Crippen molar-refractivity contribution in [3.8, 4) is 0 Å². The van der Waals surface area contributed by atoms with E-state index >= 15 is 0 Å². The molecule has 6 heteroatoms. The number of rotatable bonds is 4. The Hall–Kier alpha value is -1.27. The Kier molecular flexibility index (Phi) is 6.99. The Morgan fingerprint density at radius 2 is 1.92 bits per heavy atom. The van der Waals surface area contributed by atoms with Crippen LogP contribution in [0.1, 0.15) is 44.1 Å². The van der Waals surface area contributed by atoms with E-state index in [0.717, 1.165) is 30.8 Å². The molecule has 1 aromatic carbocycles. The van der Waals surface area contributed by atoms with E-state index in [4.69, 9.17) is 10.5 Å². The molecule has 1 aliphatic carbocycles. The summed E-state index contributed by atoms with van der Waals surface area (Å²) >= 11 is 3.59. The molecule has 25 heavy (non-hydrogen) atoms. The molecule has 1 heterocycles. The van der Waals surface area contributed by atoms with Crippen LogP contribution < -0.4 is 16.0 Å². The Morgan fingerprint density at radius 3 is 2.64 bits per heavy atom. The van der Waals surface area contributed by atoms with Crippen molar-refractivity contribution < 1.29 is 4.74 Å². The Morgan fingerprint density at radius 1 is 1.20 bits per heavy atom. The number of benzene rings is 1. The van der Waals surface area contributed by atoms with E-state index in [1.807, 2.05) is 0 Å². The highest BCUT2D eigenvalue weighted by Crippen LogP contribution is 2.26. The van der Waals surface area contributed by atoms with Gasteiger partial charge in [0.2, 0.25) is 0 Å². The number of nitrogens with two attached hydrogens (primary N) is 1. The van der Waals surface area contributed by atoms with Gasteiger partial charge in [-0.05, 0) is 30.5 Å². The van der Waals surface area contributed by atoms with Crippen LogP contribution in [0.25, 0.3) is 0 Å². The number of guanidine groups is 1. The third kappa shape index (κ3) is 5.61. The summed E-state index contributed by atoms with van der Waals surface area (Å²) in [4.78, 5) is 6.98. The minimum absolute atomic E-state index is 0.481. The highest BCUT2D eigenvalue weighted by molar-refractivity contribution is 9.10. The number of ether oxygens (including phenoxy) is 1. The summed E-state index contributed by atoms with van der Waals surface area (Å²) in [6.45, 7) is 4.00. The van der Waals surface area contributed by atoms with Crippen LogP contribution in [0, 0.1) is 0 Å². The third-order valence-corrected chi connectivity index (χ3v) is 5.52. The van der Waals surface area contributed by atoms with Gasteiger partial charge in [0.25, 0.3) is 0 Å². The van der Waals surface area contributed by atoms with E-state index in [0.29, 0.717) is 18.5 Å². The maximum absolute atomic E-state index is 6.16. The van der Waals surface area contributed by atoms with E-state index in [1.165, 1.54) is 49.8 Å². The summed E-state index contributed by atoms with van der Waals surface area (Å²) < 4.78 is 6.56. The molecule has 0 unspecified atom stereocenters. The number of halogens is 1. The molecular formula is C19H29BrN4O. The lowest BCUT2D eigenvalue weighted by molar-refractivity contribution is 0.122. The van der Waals surface area contributed by atoms with Gasteiger partial charge < -0.3 is 20.7 Å². The number of nitrogens with zero attached hydrogens (tertiary/aromatic N) is 2. The van der Waals surface area contributed by atoms with Crippen molar-refractivity contribution in [2.75, 3.05) is 31.2 Å². The van der Waals surface area contributed by atoms with Crippen molar-refractivity contribution in [3.63, 3.8) is 0 Å². The Bertz CT molecular complexity index is 579. The molecule has 0 bridgehead atoms. The van der Waals surface area contributed by atoms with E-state index in [-0.39, 0.29) is 0 Å². The average molecular weight is 409 g/mol. The largest absolute Gasteiger partial charge is 0.378 e. The average Bonchev–Trinajstić information content (AvgIpc) is 2.90. The molecule has 138 valence electrons. The Labute approximate surface area is 159 Å². The first-order valence-electron chi connectivity index (χ1n) is 9.40. The first-order chi connectivity index (χ1) is 12.2. The fraction of sp³-hybridized carbons (Fsp3) is 0.632. The molecule has 3 rings (SSSR count). The molecule has 0 amide bonds. The van der Waals surface area contributed by atoms with Crippen LogP contribution >= 0.6 is 15.9 Å². The van der Waals surface area contributed by atoms with E-state index in [9.17, 15) is 0 Å². The molecule has 1 aliphatic heterocycles. The van der Waals surface area contributed by atoms with E-state index < -0.39 is 0 Å². The second-order valence-electron chi connectivity index (χ2n) is 6.91. The van der Waals surface area contributed by atoms with Crippen molar-refractivity contribution >= 4 is 27.6 Å². The molecule has 0 atom stereocenters. The molecular weight excluding hydrogens is 380 g/mol. The first kappa shape index (κ1) is 18.5. The molecule has 0 aromatic heterocycles. The second kappa shape index (κ2) is 9.43. The van der Waals surface area contributed by atoms with Crippen molar-refractivity contribution in [2.45, 2.75) is 51.1 Å². The normalized spacial score (nSPS) is 20.4. The van der Waals surface area contributed by atoms with Crippen LogP contribution in [0.15, 0.2) is 27.7 Å². The SMILES string of the molecule is NC(=NCc1ccc(Br)cc1N1CCOCC1)NC1CCCCCC1. The maximum atomic E-state index is 6.16. The van der Waals surface area contributed by atoms with Crippen LogP contribution in [0.3, 0.4) is 0 Å². The van der Waals surface area contributed by atoms with Gasteiger partial charge in [-0.3, -0.25) is 0 Å². The molecule has 2 aliphatic rings. The molecule has 3 N–H and O–H groups in total. The number of nitrogens with one attached hydrogen (secondary N) is 1. The topological polar surface area (TPSA) is 62.9 Å². The lowest BCUT2D eigenvalue weighted by atomic mass is 10.1. The van der Waals surface area contributed by atoms with Gasteiger partial charge in [-0.1, -0.05) is 47.7 Å². The minimum Gasteiger partial charge on any atom is -0.378 e. The zero-order valence-corrected chi connectivity index (χ0v) is 16.4. The summed E-state index contributed by atoms with van der Waals surface area (Å²) in [5.74, 6) is 0.572.